The van der Waals surface area contributed by atoms with Gasteiger partial charge in [0.25, 0.3) is 5.91 Å². The summed E-state index contributed by atoms with van der Waals surface area (Å²) in [7, 11) is 0. The summed E-state index contributed by atoms with van der Waals surface area (Å²) >= 11 is 0. The van der Waals surface area contributed by atoms with Gasteiger partial charge >= 0.3 is 0 Å². The maximum Gasteiger partial charge on any atom is 0.268 e. The minimum absolute atomic E-state index is 0.0739. The summed E-state index contributed by atoms with van der Waals surface area (Å²) in [5, 5.41) is 9.73. The normalized spacial score (nSPS) is 12.6. The van der Waals surface area contributed by atoms with E-state index in [1.807, 2.05) is 69.3 Å². The summed E-state index contributed by atoms with van der Waals surface area (Å²) in [5.41, 5.74) is 4.91. The van der Waals surface area contributed by atoms with Crippen LogP contribution in [0.5, 0.6) is 17.2 Å². The summed E-state index contributed by atoms with van der Waals surface area (Å²) in [6.45, 7) is 7.69. The molecule has 0 spiro atoms. The maximum atomic E-state index is 13.1. The van der Waals surface area contributed by atoms with Gasteiger partial charge in [0.05, 0.1) is 6.61 Å². The number of para-hydroxylation sites is 2. The molecule has 1 aliphatic heterocycles. The quantitative estimate of drug-likeness (QED) is 0.224. The average molecular weight is 483 g/mol. The van der Waals surface area contributed by atoms with Crippen molar-refractivity contribution in [2.75, 3.05) is 31.3 Å². The molecule has 184 valence electrons. The third kappa shape index (κ3) is 5.52. The van der Waals surface area contributed by atoms with Gasteiger partial charge in [-0.15, -0.1) is 0 Å². The first kappa shape index (κ1) is 24.9. The zero-order valence-electron chi connectivity index (χ0n) is 20.9. The smallest absolute Gasteiger partial charge is 0.268 e. The fourth-order valence-corrected chi connectivity index (χ4v) is 4.33. The van der Waals surface area contributed by atoms with Crippen LogP contribution in [-0.2, 0) is 11.2 Å². The third-order valence-corrected chi connectivity index (χ3v) is 6.06. The van der Waals surface area contributed by atoms with Crippen LogP contribution in [0.2, 0.25) is 0 Å². The Labute approximate surface area is 212 Å². The van der Waals surface area contributed by atoms with Gasteiger partial charge in [0.2, 0.25) is 0 Å². The van der Waals surface area contributed by atoms with Gasteiger partial charge in [0.15, 0.2) is 11.5 Å². The van der Waals surface area contributed by atoms with Crippen LogP contribution >= 0.6 is 0 Å². The van der Waals surface area contributed by atoms with Crippen LogP contribution < -0.4 is 19.1 Å². The van der Waals surface area contributed by atoms with Crippen molar-refractivity contribution in [3.63, 3.8) is 0 Å². The third-order valence-electron chi connectivity index (χ3n) is 6.06. The van der Waals surface area contributed by atoms with Crippen LogP contribution in [0.1, 0.15) is 29.2 Å². The predicted molar refractivity (Wildman–Crippen MR) is 141 cm³/mol. The fourth-order valence-electron chi connectivity index (χ4n) is 4.33. The van der Waals surface area contributed by atoms with E-state index in [4.69, 9.17) is 14.2 Å². The van der Waals surface area contributed by atoms with E-state index in [9.17, 15) is 10.1 Å². The fraction of sp³-hybridized carbons (Fsp3) is 0.267. The number of nitrogens with zero attached hydrogens (tertiary/aromatic N) is 2. The Morgan fingerprint density at radius 2 is 1.72 bits per heavy atom. The molecule has 4 rings (SSSR count). The van der Waals surface area contributed by atoms with Crippen molar-refractivity contribution in [1.29, 1.82) is 5.26 Å². The number of ether oxygens (including phenoxy) is 3. The van der Waals surface area contributed by atoms with Crippen molar-refractivity contribution < 1.29 is 19.0 Å². The number of amides is 1. The van der Waals surface area contributed by atoms with Crippen LogP contribution in [-0.4, -0.2) is 32.3 Å². The molecule has 3 aromatic rings. The molecule has 0 aromatic heterocycles. The van der Waals surface area contributed by atoms with E-state index < -0.39 is 0 Å². The van der Waals surface area contributed by atoms with Gasteiger partial charge in [-0.2, -0.15) is 5.26 Å². The monoisotopic (exact) mass is 482 g/mol. The van der Waals surface area contributed by atoms with Gasteiger partial charge in [0.1, 0.15) is 30.6 Å². The predicted octanol–water partition coefficient (Wildman–Crippen LogP) is 5.66. The number of nitriles is 1. The van der Waals surface area contributed by atoms with Crippen molar-refractivity contribution in [3.05, 3.63) is 88.5 Å². The number of hydrogen-bond acceptors (Lipinski definition) is 5. The lowest BCUT2D eigenvalue weighted by Gasteiger charge is -2.17. The Kier molecular flexibility index (Phi) is 7.92. The van der Waals surface area contributed by atoms with Crippen LogP contribution in [0.15, 0.2) is 66.2 Å². The van der Waals surface area contributed by atoms with Gasteiger partial charge in [-0.1, -0.05) is 42.5 Å². The summed E-state index contributed by atoms with van der Waals surface area (Å²) in [6.07, 6.45) is 2.38. The highest BCUT2D eigenvalue weighted by molar-refractivity contribution is 6.12. The zero-order chi connectivity index (χ0) is 25.5. The molecule has 0 unspecified atom stereocenters. The Morgan fingerprint density at radius 3 is 2.47 bits per heavy atom. The second kappa shape index (κ2) is 11.5. The van der Waals surface area contributed by atoms with Crippen molar-refractivity contribution >= 4 is 17.7 Å². The van der Waals surface area contributed by atoms with Crippen LogP contribution in [0.4, 0.5) is 5.69 Å². The lowest BCUT2D eigenvalue weighted by Crippen LogP contribution is -2.29. The number of benzene rings is 3. The Bertz CT molecular complexity index is 1300. The first-order chi connectivity index (χ1) is 17.5. The van der Waals surface area contributed by atoms with Crippen LogP contribution in [0, 0.1) is 25.2 Å². The molecule has 6 nitrogen and oxygen atoms in total. The highest BCUT2D eigenvalue weighted by atomic mass is 16.5. The number of aryl methyl sites for hydroxylation is 2. The van der Waals surface area contributed by atoms with Gasteiger partial charge < -0.3 is 19.1 Å². The minimum atomic E-state index is -0.301. The van der Waals surface area contributed by atoms with Gasteiger partial charge in [0, 0.05) is 12.2 Å². The molecule has 0 aliphatic carbocycles. The van der Waals surface area contributed by atoms with Crippen LogP contribution in [0.25, 0.3) is 6.08 Å². The molecule has 1 heterocycles. The number of carbonyl (C=O) groups excluding carboxylic acids is 1. The van der Waals surface area contributed by atoms with E-state index in [2.05, 4.69) is 6.07 Å². The standard InChI is InChI=1S/C30H30N2O4/c1-4-34-28-19-23(12-13-27(28)35-16-17-36-29-21(2)8-7-9-22(29)3)18-25(20-31)30(33)32-15-14-24-10-5-6-11-26(24)32/h5-13,18-19H,4,14-17H2,1-3H3. The number of anilines is 1. The molecule has 1 amide bonds. The van der Waals surface area contributed by atoms with Gasteiger partial charge in [-0.25, -0.2) is 0 Å². The molecule has 6 heteroatoms. The van der Waals surface area contributed by atoms with Crippen molar-refractivity contribution in [2.45, 2.75) is 27.2 Å². The number of fused-ring (bicyclic) bond motifs is 1. The van der Waals surface area contributed by atoms with Gasteiger partial charge in [-0.05, 0) is 73.7 Å². The molecule has 0 bridgehead atoms. The van der Waals surface area contributed by atoms with E-state index in [1.165, 1.54) is 0 Å². The first-order valence-corrected chi connectivity index (χ1v) is 12.1. The molecule has 0 atom stereocenters. The molecule has 0 radical (unpaired) electrons. The number of hydrogen-bond donors (Lipinski definition) is 0. The summed E-state index contributed by atoms with van der Waals surface area (Å²) in [5.74, 6) is 1.71. The average Bonchev–Trinajstić information content (AvgIpc) is 3.31. The largest absolute Gasteiger partial charge is 0.490 e. The van der Waals surface area contributed by atoms with E-state index in [0.717, 1.165) is 34.5 Å². The van der Waals surface area contributed by atoms with Crippen molar-refractivity contribution in [2.24, 2.45) is 0 Å². The van der Waals surface area contributed by atoms with E-state index in [1.54, 1.807) is 23.1 Å². The SMILES string of the molecule is CCOc1cc(C=C(C#N)C(=O)N2CCc3ccccc32)ccc1OCCOc1c(C)cccc1C. The molecule has 0 N–H and O–H groups in total. The number of rotatable bonds is 9. The highest BCUT2D eigenvalue weighted by Gasteiger charge is 2.26. The maximum absolute atomic E-state index is 13.1. The summed E-state index contributed by atoms with van der Waals surface area (Å²) in [6, 6.07) is 21.3. The second-order valence-electron chi connectivity index (χ2n) is 8.56. The lowest BCUT2D eigenvalue weighted by molar-refractivity contribution is -0.114. The number of carbonyl (C=O) groups is 1. The molecule has 36 heavy (non-hydrogen) atoms. The van der Waals surface area contributed by atoms with Crippen LogP contribution in [0.3, 0.4) is 0 Å². The zero-order valence-corrected chi connectivity index (χ0v) is 20.9. The Hall–Kier alpha value is -4.24. The van der Waals surface area contributed by atoms with E-state index in [-0.39, 0.29) is 11.5 Å². The minimum Gasteiger partial charge on any atom is -0.490 e. The summed E-state index contributed by atoms with van der Waals surface area (Å²) < 4.78 is 17.6. The van der Waals surface area contributed by atoms with Crippen molar-refractivity contribution in [1.82, 2.24) is 0 Å². The van der Waals surface area contributed by atoms with Crippen molar-refractivity contribution in [3.8, 4) is 23.3 Å². The first-order valence-electron chi connectivity index (χ1n) is 12.1. The topological polar surface area (TPSA) is 71.8 Å². The van der Waals surface area contributed by atoms with E-state index >= 15 is 0 Å². The molecule has 0 saturated carbocycles. The highest BCUT2D eigenvalue weighted by Crippen LogP contribution is 2.31. The second-order valence-corrected chi connectivity index (χ2v) is 8.56. The lowest BCUT2D eigenvalue weighted by atomic mass is 10.1. The Morgan fingerprint density at radius 1 is 0.972 bits per heavy atom. The van der Waals surface area contributed by atoms with Gasteiger partial charge in [-0.3, -0.25) is 4.79 Å². The molecule has 0 fully saturated rings. The molecule has 0 saturated heterocycles. The molecular weight excluding hydrogens is 452 g/mol. The molecular formula is C30H30N2O4. The summed E-state index contributed by atoms with van der Waals surface area (Å²) in [4.78, 5) is 14.8. The molecule has 1 aliphatic rings. The molecule has 3 aromatic carbocycles. The van der Waals surface area contributed by atoms with E-state index in [0.29, 0.717) is 43.4 Å². The Balaban J connectivity index is 1.46.